The Morgan fingerprint density at radius 2 is 1.75 bits per heavy atom. The van der Waals surface area contributed by atoms with Crippen LogP contribution in [0, 0.1) is 5.92 Å². The van der Waals surface area contributed by atoms with E-state index in [-0.39, 0.29) is 0 Å². The standard InChI is InChI=1S/C13H23NO2/c1-10(2)9-13(15)14(11-3-4-11)12-5-7-16-8-6-12/h10-12H,3-9H2,1-2H3. The third-order valence-electron chi connectivity index (χ3n) is 3.40. The number of hydrogen-bond donors (Lipinski definition) is 0. The second kappa shape index (κ2) is 5.17. The van der Waals surface area contributed by atoms with Crippen LogP contribution in [0.4, 0.5) is 0 Å². The van der Waals surface area contributed by atoms with Crippen LogP contribution in [-0.2, 0) is 9.53 Å². The molecule has 1 heterocycles. The molecule has 3 heteroatoms. The minimum Gasteiger partial charge on any atom is -0.381 e. The Kier molecular flexibility index (Phi) is 3.85. The van der Waals surface area contributed by atoms with E-state index in [4.69, 9.17) is 4.74 Å². The molecule has 92 valence electrons. The molecule has 1 saturated carbocycles. The van der Waals surface area contributed by atoms with E-state index in [1.54, 1.807) is 0 Å². The molecule has 0 N–H and O–H groups in total. The smallest absolute Gasteiger partial charge is 0.223 e. The maximum atomic E-state index is 12.2. The summed E-state index contributed by atoms with van der Waals surface area (Å²) in [5, 5.41) is 0. The molecule has 1 amide bonds. The van der Waals surface area contributed by atoms with E-state index in [0.717, 1.165) is 26.1 Å². The quantitative estimate of drug-likeness (QED) is 0.734. The zero-order valence-corrected chi connectivity index (χ0v) is 10.4. The summed E-state index contributed by atoms with van der Waals surface area (Å²) in [7, 11) is 0. The predicted octanol–water partition coefficient (Wildman–Crippen LogP) is 2.20. The van der Waals surface area contributed by atoms with Crippen LogP contribution in [0.3, 0.4) is 0 Å². The Balaban J connectivity index is 1.95. The maximum Gasteiger partial charge on any atom is 0.223 e. The molecule has 1 saturated heterocycles. The highest BCUT2D eigenvalue weighted by atomic mass is 16.5. The monoisotopic (exact) mass is 225 g/mol. The number of hydrogen-bond acceptors (Lipinski definition) is 2. The van der Waals surface area contributed by atoms with Crippen molar-refractivity contribution in [1.82, 2.24) is 4.90 Å². The van der Waals surface area contributed by atoms with Gasteiger partial charge in [-0.05, 0) is 31.6 Å². The molecule has 16 heavy (non-hydrogen) atoms. The van der Waals surface area contributed by atoms with Crippen LogP contribution < -0.4 is 0 Å². The van der Waals surface area contributed by atoms with Crippen molar-refractivity contribution < 1.29 is 9.53 Å². The number of amides is 1. The molecule has 2 rings (SSSR count). The number of rotatable bonds is 4. The van der Waals surface area contributed by atoms with Crippen molar-refractivity contribution in [3.63, 3.8) is 0 Å². The summed E-state index contributed by atoms with van der Waals surface area (Å²) in [5.41, 5.74) is 0. The lowest BCUT2D eigenvalue weighted by Crippen LogP contribution is -2.45. The van der Waals surface area contributed by atoms with E-state index in [1.165, 1.54) is 12.8 Å². The third-order valence-corrected chi connectivity index (χ3v) is 3.40. The van der Waals surface area contributed by atoms with Gasteiger partial charge in [0.15, 0.2) is 0 Å². The lowest BCUT2D eigenvalue weighted by molar-refractivity contribution is -0.137. The van der Waals surface area contributed by atoms with Crippen LogP contribution in [0.25, 0.3) is 0 Å². The topological polar surface area (TPSA) is 29.5 Å². The van der Waals surface area contributed by atoms with Crippen LogP contribution in [0.2, 0.25) is 0 Å². The normalized spacial score (nSPS) is 22.4. The Labute approximate surface area is 98.1 Å². The average molecular weight is 225 g/mol. The minimum absolute atomic E-state index is 0.365. The Morgan fingerprint density at radius 1 is 1.19 bits per heavy atom. The van der Waals surface area contributed by atoms with Crippen molar-refractivity contribution >= 4 is 5.91 Å². The van der Waals surface area contributed by atoms with Gasteiger partial charge in [0.05, 0.1) is 0 Å². The minimum atomic E-state index is 0.365. The van der Waals surface area contributed by atoms with Crippen molar-refractivity contribution in [2.24, 2.45) is 5.92 Å². The first-order valence-corrected chi connectivity index (χ1v) is 6.57. The van der Waals surface area contributed by atoms with Crippen molar-refractivity contribution in [2.45, 2.75) is 58.0 Å². The molecule has 0 atom stereocenters. The molecule has 1 aliphatic heterocycles. The second-order valence-corrected chi connectivity index (χ2v) is 5.47. The van der Waals surface area contributed by atoms with E-state index in [0.29, 0.717) is 30.3 Å². The zero-order valence-electron chi connectivity index (χ0n) is 10.4. The summed E-state index contributed by atoms with van der Waals surface area (Å²) < 4.78 is 5.37. The van der Waals surface area contributed by atoms with Gasteiger partial charge in [-0.1, -0.05) is 13.8 Å². The van der Waals surface area contributed by atoms with Crippen LogP contribution >= 0.6 is 0 Å². The number of carbonyl (C=O) groups excluding carboxylic acids is 1. The molecule has 0 aromatic rings. The van der Waals surface area contributed by atoms with Crippen molar-refractivity contribution in [2.75, 3.05) is 13.2 Å². The number of ether oxygens (including phenoxy) is 1. The SMILES string of the molecule is CC(C)CC(=O)N(C1CCOCC1)C1CC1. The van der Waals surface area contributed by atoms with Gasteiger partial charge in [-0.25, -0.2) is 0 Å². The third kappa shape index (κ3) is 2.97. The predicted molar refractivity (Wildman–Crippen MR) is 63.2 cm³/mol. The Bertz CT molecular complexity index is 242. The summed E-state index contributed by atoms with van der Waals surface area (Å²) in [4.78, 5) is 14.4. The van der Waals surface area contributed by atoms with Crippen molar-refractivity contribution in [3.8, 4) is 0 Å². The van der Waals surface area contributed by atoms with Crippen LogP contribution in [0.15, 0.2) is 0 Å². The van der Waals surface area contributed by atoms with Gasteiger partial charge in [0, 0.05) is 31.7 Å². The fraction of sp³-hybridized carbons (Fsp3) is 0.923. The molecular weight excluding hydrogens is 202 g/mol. The Hall–Kier alpha value is -0.570. The molecule has 0 aromatic carbocycles. The Morgan fingerprint density at radius 3 is 2.25 bits per heavy atom. The van der Waals surface area contributed by atoms with Gasteiger partial charge in [0.1, 0.15) is 0 Å². The number of carbonyl (C=O) groups is 1. The first kappa shape index (κ1) is 11.9. The second-order valence-electron chi connectivity index (χ2n) is 5.47. The molecule has 0 radical (unpaired) electrons. The van der Waals surface area contributed by atoms with Crippen LogP contribution in [0.1, 0.15) is 46.0 Å². The van der Waals surface area contributed by atoms with E-state index in [1.807, 2.05) is 0 Å². The van der Waals surface area contributed by atoms with Crippen LogP contribution in [0.5, 0.6) is 0 Å². The van der Waals surface area contributed by atoms with E-state index < -0.39 is 0 Å². The van der Waals surface area contributed by atoms with Gasteiger partial charge >= 0.3 is 0 Å². The van der Waals surface area contributed by atoms with Gasteiger partial charge in [-0.2, -0.15) is 0 Å². The largest absolute Gasteiger partial charge is 0.381 e. The highest BCUT2D eigenvalue weighted by Crippen LogP contribution is 2.32. The highest BCUT2D eigenvalue weighted by Gasteiger charge is 2.37. The summed E-state index contributed by atoms with van der Waals surface area (Å²) in [6.07, 6.45) is 5.18. The maximum absolute atomic E-state index is 12.2. The van der Waals surface area contributed by atoms with Gasteiger partial charge < -0.3 is 9.64 Å². The van der Waals surface area contributed by atoms with Gasteiger partial charge in [-0.3, -0.25) is 4.79 Å². The van der Waals surface area contributed by atoms with Gasteiger partial charge in [0.25, 0.3) is 0 Å². The molecule has 0 aromatic heterocycles. The van der Waals surface area contributed by atoms with E-state index in [9.17, 15) is 4.79 Å². The average Bonchev–Trinajstić information content (AvgIpc) is 3.03. The summed E-state index contributed by atoms with van der Waals surface area (Å²) in [6, 6.07) is 1.00. The molecule has 2 fully saturated rings. The fourth-order valence-corrected chi connectivity index (χ4v) is 2.48. The van der Waals surface area contributed by atoms with Gasteiger partial charge in [-0.15, -0.1) is 0 Å². The molecule has 0 unspecified atom stereocenters. The van der Waals surface area contributed by atoms with E-state index >= 15 is 0 Å². The lowest BCUT2D eigenvalue weighted by Gasteiger charge is -2.35. The first-order chi connectivity index (χ1) is 7.68. The lowest BCUT2D eigenvalue weighted by atomic mass is 10.0. The molecule has 0 spiro atoms. The summed E-state index contributed by atoms with van der Waals surface area (Å²) in [5.74, 6) is 0.831. The van der Waals surface area contributed by atoms with Crippen LogP contribution in [-0.4, -0.2) is 36.1 Å². The number of nitrogens with zero attached hydrogens (tertiary/aromatic N) is 1. The summed E-state index contributed by atoms with van der Waals surface area (Å²) in [6.45, 7) is 5.88. The molecule has 0 bridgehead atoms. The molecule has 3 nitrogen and oxygen atoms in total. The molecular formula is C13H23NO2. The van der Waals surface area contributed by atoms with Crippen molar-refractivity contribution in [1.29, 1.82) is 0 Å². The fourth-order valence-electron chi connectivity index (χ4n) is 2.48. The highest BCUT2D eigenvalue weighted by molar-refractivity contribution is 5.77. The zero-order chi connectivity index (χ0) is 11.5. The first-order valence-electron chi connectivity index (χ1n) is 6.57. The van der Waals surface area contributed by atoms with E-state index in [2.05, 4.69) is 18.7 Å². The van der Waals surface area contributed by atoms with Gasteiger partial charge in [0.2, 0.25) is 5.91 Å². The summed E-state index contributed by atoms with van der Waals surface area (Å²) >= 11 is 0. The molecule has 2 aliphatic rings. The molecule has 1 aliphatic carbocycles. The van der Waals surface area contributed by atoms with Crippen molar-refractivity contribution in [3.05, 3.63) is 0 Å².